The Morgan fingerprint density at radius 3 is 2.32 bits per heavy atom. The molecule has 0 aromatic heterocycles. The van der Waals surface area contributed by atoms with Gasteiger partial charge in [0.2, 0.25) is 0 Å². The van der Waals surface area contributed by atoms with Gasteiger partial charge in [0, 0.05) is 23.1 Å². The first-order chi connectivity index (χ1) is 13.4. The fourth-order valence-electron chi connectivity index (χ4n) is 3.25. The molecule has 1 aliphatic heterocycles. The lowest BCUT2D eigenvalue weighted by Gasteiger charge is -2.25. The molecule has 2 aromatic carbocycles. The second-order valence-electron chi connectivity index (χ2n) is 6.39. The fraction of sp³-hybridized carbons (Fsp3) is 0.190. The van der Waals surface area contributed by atoms with Gasteiger partial charge in [0.25, 0.3) is 11.7 Å². The van der Waals surface area contributed by atoms with Gasteiger partial charge in [-0.2, -0.15) is 0 Å². The number of Topliss-reactive ketones (excluding diaryl/α,β-unsaturated/α-hetero) is 1. The van der Waals surface area contributed by atoms with Gasteiger partial charge in [-0.1, -0.05) is 41.9 Å². The SMILES string of the molecule is O=C([O-])CCCN1C(=O)C(=O)/C(=C(/O)c2ccc(Cl)cc2)[C@H]1c1ccccc1. The third kappa shape index (κ3) is 3.92. The van der Waals surface area contributed by atoms with Crippen LogP contribution < -0.4 is 5.11 Å². The monoisotopic (exact) mass is 398 g/mol. The first kappa shape index (κ1) is 19.6. The summed E-state index contributed by atoms with van der Waals surface area (Å²) in [5, 5.41) is 22.0. The molecule has 0 spiro atoms. The van der Waals surface area contributed by atoms with E-state index in [2.05, 4.69) is 0 Å². The lowest BCUT2D eigenvalue weighted by molar-refractivity contribution is -0.305. The topological polar surface area (TPSA) is 97.7 Å². The van der Waals surface area contributed by atoms with Crippen molar-refractivity contribution in [3.05, 3.63) is 76.3 Å². The van der Waals surface area contributed by atoms with Gasteiger partial charge in [-0.25, -0.2) is 0 Å². The highest BCUT2D eigenvalue weighted by Gasteiger charge is 2.45. The lowest BCUT2D eigenvalue weighted by Crippen LogP contribution is -2.32. The zero-order valence-corrected chi connectivity index (χ0v) is 15.6. The molecule has 3 rings (SSSR count). The zero-order chi connectivity index (χ0) is 20.3. The number of rotatable bonds is 6. The Labute approximate surface area is 166 Å². The summed E-state index contributed by atoms with van der Waals surface area (Å²) in [6.45, 7) is 0.0511. The fourth-order valence-corrected chi connectivity index (χ4v) is 3.38. The molecule has 1 saturated heterocycles. The number of amides is 1. The Hall–Kier alpha value is -3.12. The molecule has 144 valence electrons. The van der Waals surface area contributed by atoms with Crippen molar-refractivity contribution in [3.63, 3.8) is 0 Å². The summed E-state index contributed by atoms with van der Waals surface area (Å²) in [5.74, 6) is -3.11. The maximum absolute atomic E-state index is 12.7. The van der Waals surface area contributed by atoms with Crippen LogP contribution in [0.3, 0.4) is 0 Å². The smallest absolute Gasteiger partial charge is 0.295 e. The van der Waals surface area contributed by atoms with Crippen LogP contribution in [0.15, 0.2) is 60.2 Å². The predicted molar refractivity (Wildman–Crippen MR) is 101 cm³/mol. The Balaban J connectivity index is 2.07. The minimum Gasteiger partial charge on any atom is -0.550 e. The number of likely N-dealkylation sites (tertiary alicyclic amines) is 1. The van der Waals surface area contributed by atoms with Gasteiger partial charge in [0.15, 0.2) is 0 Å². The van der Waals surface area contributed by atoms with Crippen LogP contribution >= 0.6 is 11.6 Å². The van der Waals surface area contributed by atoms with Crippen molar-refractivity contribution in [2.24, 2.45) is 0 Å². The molecular formula is C21H17ClNO5-. The molecule has 1 N–H and O–H groups in total. The number of ketones is 1. The van der Waals surface area contributed by atoms with E-state index in [-0.39, 0.29) is 30.7 Å². The minimum atomic E-state index is -1.23. The number of aliphatic carboxylic acids is 1. The Morgan fingerprint density at radius 2 is 1.71 bits per heavy atom. The Morgan fingerprint density at radius 1 is 1.07 bits per heavy atom. The highest BCUT2D eigenvalue weighted by Crippen LogP contribution is 2.39. The normalized spacial score (nSPS) is 18.5. The van der Waals surface area contributed by atoms with E-state index < -0.39 is 23.7 Å². The van der Waals surface area contributed by atoms with Gasteiger partial charge in [-0.3, -0.25) is 9.59 Å². The van der Waals surface area contributed by atoms with Gasteiger partial charge in [-0.15, -0.1) is 0 Å². The van der Waals surface area contributed by atoms with E-state index >= 15 is 0 Å². The van der Waals surface area contributed by atoms with Crippen molar-refractivity contribution in [1.29, 1.82) is 0 Å². The zero-order valence-electron chi connectivity index (χ0n) is 14.8. The second kappa shape index (κ2) is 8.27. The highest BCUT2D eigenvalue weighted by molar-refractivity contribution is 6.46. The van der Waals surface area contributed by atoms with Crippen LogP contribution in [0.1, 0.15) is 30.0 Å². The molecule has 0 radical (unpaired) electrons. The molecule has 2 aromatic rings. The molecule has 1 atom stereocenters. The molecule has 0 aliphatic carbocycles. The van der Waals surface area contributed by atoms with Gasteiger partial charge in [0.1, 0.15) is 5.76 Å². The van der Waals surface area contributed by atoms with E-state index in [0.717, 1.165) is 0 Å². The van der Waals surface area contributed by atoms with Gasteiger partial charge >= 0.3 is 0 Å². The average Bonchev–Trinajstić information content (AvgIpc) is 2.93. The van der Waals surface area contributed by atoms with Crippen LogP contribution in [-0.4, -0.2) is 34.2 Å². The largest absolute Gasteiger partial charge is 0.550 e. The number of hydrogen-bond donors (Lipinski definition) is 1. The van der Waals surface area contributed by atoms with E-state index in [1.807, 2.05) is 0 Å². The number of carboxylic acids is 1. The van der Waals surface area contributed by atoms with Crippen molar-refractivity contribution in [3.8, 4) is 0 Å². The number of carbonyl (C=O) groups is 3. The van der Waals surface area contributed by atoms with Gasteiger partial charge in [0.05, 0.1) is 11.6 Å². The molecule has 1 amide bonds. The van der Waals surface area contributed by atoms with Crippen LogP contribution in [0.5, 0.6) is 0 Å². The molecular weight excluding hydrogens is 382 g/mol. The molecule has 6 nitrogen and oxygen atoms in total. The van der Waals surface area contributed by atoms with Crippen molar-refractivity contribution in [2.45, 2.75) is 18.9 Å². The van der Waals surface area contributed by atoms with E-state index in [9.17, 15) is 24.6 Å². The van der Waals surface area contributed by atoms with Crippen LogP contribution in [-0.2, 0) is 14.4 Å². The Kier molecular flexibility index (Phi) is 5.80. The summed E-state index contributed by atoms with van der Waals surface area (Å²) in [7, 11) is 0. The maximum Gasteiger partial charge on any atom is 0.295 e. The van der Waals surface area contributed by atoms with Crippen LogP contribution in [0.4, 0.5) is 0 Å². The number of hydrogen-bond acceptors (Lipinski definition) is 5. The molecule has 1 aliphatic rings. The van der Waals surface area contributed by atoms with E-state index in [1.165, 1.54) is 4.90 Å². The number of aliphatic hydroxyl groups is 1. The molecule has 28 heavy (non-hydrogen) atoms. The summed E-state index contributed by atoms with van der Waals surface area (Å²) in [6, 6.07) is 14.3. The van der Waals surface area contributed by atoms with E-state index in [1.54, 1.807) is 54.6 Å². The standard InChI is InChI=1S/C21H18ClNO5/c22-15-10-8-14(9-11-15)19(26)17-18(13-5-2-1-3-6-13)23(21(28)20(17)27)12-4-7-16(24)25/h1-3,5-6,8-11,18,26H,4,7,12H2,(H,24,25)/p-1/b19-17+/t18-/m1/s1. The van der Waals surface area contributed by atoms with Crippen LogP contribution in [0.25, 0.3) is 5.76 Å². The summed E-state index contributed by atoms with van der Waals surface area (Å²) in [4.78, 5) is 37.3. The van der Waals surface area contributed by atoms with Crippen molar-refractivity contribution < 1.29 is 24.6 Å². The molecule has 0 bridgehead atoms. The van der Waals surface area contributed by atoms with E-state index in [0.29, 0.717) is 16.1 Å². The molecule has 1 fully saturated rings. The molecule has 0 unspecified atom stereocenters. The average molecular weight is 399 g/mol. The van der Waals surface area contributed by atoms with Gasteiger partial charge < -0.3 is 19.9 Å². The van der Waals surface area contributed by atoms with Gasteiger partial charge in [-0.05, 0) is 42.7 Å². The third-order valence-electron chi connectivity index (χ3n) is 4.55. The number of carbonyl (C=O) groups excluding carboxylic acids is 3. The van der Waals surface area contributed by atoms with Crippen molar-refractivity contribution in [1.82, 2.24) is 4.90 Å². The van der Waals surface area contributed by atoms with Crippen LogP contribution in [0.2, 0.25) is 5.02 Å². The third-order valence-corrected chi connectivity index (χ3v) is 4.80. The number of aliphatic hydroxyl groups excluding tert-OH is 1. The van der Waals surface area contributed by atoms with Crippen molar-refractivity contribution in [2.75, 3.05) is 6.54 Å². The summed E-state index contributed by atoms with van der Waals surface area (Å²) in [6.07, 6.45) is -0.0959. The summed E-state index contributed by atoms with van der Waals surface area (Å²) >= 11 is 5.88. The Bertz CT molecular complexity index is 937. The highest BCUT2D eigenvalue weighted by atomic mass is 35.5. The molecule has 0 saturated carbocycles. The summed E-state index contributed by atoms with van der Waals surface area (Å²) < 4.78 is 0. The van der Waals surface area contributed by atoms with E-state index in [4.69, 9.17) is 11.6 Å². The number of halogens is 1. The maximum atomic E-state index is 12.7. The number of carboxylic acid groups (broad SMARTS) is 1. The minimum absolute atomic E-state index is 0.0352. The number of benzene rings is 2. The first-order valence-corrected chi connectivity index (χ1v) is 9.07. The summed E-state index contributed by atoms with van der Waals surface area (Å²) in [5.41, 5.74) is 0.968. The molecule has 7 heteroatoms. The predicted octanol–water partition coefficient (Wildman–Crippen LogP) is 2.29. The first-order valence-electron chi connectivity index (χ1n) is 8.69. The lowest BCUT2D eigenvalue weighted by atomic mass is 9.95. The quantitative estimate of drug-likeness (QED) is 0.457. The van der Waals surface area contributed by atoms with Crippen LogP contribution in [0, 0.1) is 0 Å². The molecule has 1 heterocycles. The second-order valence-corrected chi connectivity index (χ2v) is 6.82. The van der Waals surface area contributed by atoms with Crippen molar-refractivity contribution >= 4 is 35.0 Å². The number of nitrogens with zero attached hydrogens (tertiary/aromatic N) is 1.